The SMILES string of the molecule is CC(C)(C)C(=O)ON=C=O. The van der Waals surface area contributed by atoms with E-state index in [1.54, 1.807) is 20.8 Å². The van der Waals surface area contributed by atoms with Gasteiger partial charge in [-0.3, -0.25) is 0 Å². The molecular weight excluding hydrogens is 134 g/mol. The number of carbonyl (C=O) groups is 1. The van der Waals surface area contributed by atoms with Crippen molar-refractivity contribution in [2.24, 2.45) is 10.6 Å². The first-order valence-corrected chi connectivity index (χ1v) is 2.77. The maximum Gasteiger partial charge on any atom is 0.341 e. The van der Waals surface area contributed by atoms with Gasteiger partial charge in [-0.05, 0) is 20.8 Å². The standard InChI is InChI=1S/C6H9NO3/c1-6(2,3)5(9)10-7-4-8/h1-3H3. The highest BCUT2D eigenvalue weighted by molar-refractivity contribution is 5.75. The van der Waals surface area contributed by atoms with Gasteiger partial charge in [-0.15, -0.1) is 0 Å². The average Bonchev–Trinajstić information content (AvgIpc) is 1.80. The number of hydrogen-bond donors (Lipinski definition) is 0. The molecule has 10 heavy (non-hydrogen) atoms. The van der Waals surface area contributed by atoms with Crippen molar-refractivity contribution >= 4 is 12.0 Å². The van der Waals surface area contributed by atoms with Crippen LogP contribution in [-0.2, 0) is 14.4 Å². The number of carbonyl (C=O) groups excluding carboxylic acids is 2. The lowest BCUT2D eigenvalue weighted by Crippen LogP contribution is -2.20. The summed E-state index contributed by atoms with van der Waals surface area (Å²) in [6.07, 6.45) is 1.10. The van der Waals surface area contributed by atoms with Gasteiger partial charge in [0.2, 0.25) is 0 Å². The molecule has 0 saturated carbocycles. The van der Waals surface area contributed by atoms with Crippen molar-refractivity contribution in [1.82, 2.24) is 0 Å². The zero-order valence-corrected chi connectivity index (χ0v) is 6.17. The third kappa shape index (κ3) is 2.99. The molecule has 0 amide bonds. The fourth-order valence-electron chi connectivity index (χ4n) is 0.197. The van der Waals surface area contributed by atoms with Crippen molar-refractivity contribution in [2.45, 2.75) is 20.8 Å². The minimum Gasteiger partial charge on any atom is -0.306 e. The highest BCUT2D eigenvalue weighted by atomic mass is 16.7. The van der Waals surface area contributed by atoms with Gasteiger partial charge >= 0.3 is 5.97 Å². The van der Waals surface area contributed by atoms with Crippen molar-refractivity contribution < 1.29 is 14.4 Å². The maximum absolute atomic E-state index is 10.7. The quantitative estimate of drug-likeness (QED) is 0.236. The van der Waals surface area contributed by atoms with Crippen LogP contribution < -0.4 is 0 Å². The van der Waals surface area contributed by atoms with E-state index in [2.05, 4.69) is 9.99 Å². The minimum absolute atomic E-state index is 0.546. The zero-order valence-electron chi connectivity index (χ0n) is 6.17. The summed E-state index contributed by atoms with van der Waals surface area (Å²) in [5.74, 6) is -0.546. The van der Waals surface area contributed by atoms with E-state index < -0.39 is 11.4 Å². The summed E-state index contributed by atoms with van der Waals surface area (Å²) in [5.41, 5.74) is -0.625. The van der Waals surface area contributed by atoms with E-state index in [0.29, 0.717) is 0 Å². The molecule has 0 fully saturated rings. The Balaban J connectivity index is 3.98. The summed E-state index contributed by atoms with van der Waals surface area (Å²) in [7, 11) is 0. The van der Waals surface area contributed by atoms with E-state index in [1.807, 2.05) is 0 Å². The molecule has 0 atom stereocenters. The third-order valence-electron chi connectivity index (χ3n) is 0.778. The van der Waals surface area contributed by atoms with Crippen LogP contribution in [-0.4, -0.2) is 12.0 Å². The van der Waals surface area contributed by atoms with E-state index in [0.717, 1.165) is 6.08 Å². The van der Waals surface area contributed by atoms with Gasteiger partial charge < -0.3 is 4.84 Å². The predicted octanol–water partition coefficient (Wildman–Crippen LogP) is 0.827. The van der Waals surface area contributed by atoms with E-state index in [4.69, 9.17) is 0 Å². The van der Waals surface area contributed by atoms with Crippen LogP contribution in [0.4, 0.5) is 0 Å². The Morgan fingerprint density at radius 3 is 2.30 bits per heavy atom. The normalized spacial score (nSPS) is 9.90. The third-order valence-corrected chi connectivity index (χ3v) is 0.778. The zero-order chi connectivity index (χ0) is 8.20. The first kappa shape index (κ1) is 8.85. The van der Waals surface area contributed by atoms with E-state index in [9.17, 15) is 9.59 Å². The summed E-state index contributed by atoms with van der Waals surface area (Å²) in [4.78, 5) is 24.3. The van der Waals surface area contributed by atoms with Gasteiger partial charge in [-0.1, -0.05) is 0 Å². The molecule has 0 aliphatic carbocycles. The molecule has 0 saturated heterocycles. The molecule has 0 unspecified atom stereocenters. The minimum atomic E-state index is -0.625. The molecule has 0 heterocycles. The summed E-state index contributed by atoms with van der Waals surface area (Å²) >= 11 is 0. The van der Waals surface area contributed by atoms with Crippen LogP contribution in [0.5, 0.6) is 0 Å². The van der Waals surface area contributed by atoms with Gasteiger partial charge in [-0.25, -0.2) is 9.59 Å². The Kier molecular flexibility index (Phi) is 2.77. The van der Waals surface area contributed by atoms with Gasteiger partial charge in [0.25, 0.3) is 6.08 Å². The van der Waals surface area contributed by atoms with Gasteiger partial charge in [0.1, 0.15) is 0 Å². The second kappa shape index (κ2) is 3.13. The second-order valence-electron chi connectivity index (χ2n) is 2.81. The summed E-state index contributed by atoms with van der Waals surface area (Å²) in [6, 6.07) is 0. The van der Waals surface area contributed by atoms with Crippen molar-refractivity contribution in [3.05, 3.63) is 0 Å². The van der Waals surface area contributed by atoms with Crippen molar-refractivity contribution in [1.29, 1.82) is 0 Å². The summed E-state index contributed by atoms with van der Waals surface area (Å²) in [5, 5.41) is 2.68. The highest BCUT2D eigenvalue weighted by Crippen LogP contribution is 2.14. The molecule has 0 aromatic heterocycles. The Hall–Kier alpha value is -1.15. The van der Waals surface area contributed by atoms with Crippen molar-refractivity contribution in [3.8, 4) is 0 Å². The molecule has 0 bridgehead atoms. The lowest BCUT2D eigenvalue weighted by Gasteiger charge is -2.11. The Morgan fingerprint density at radius 2 is 2.00 bits per heavy atom. The lowest BCUT2D eigenvalue weighted by molar-refractivity contribution is -0.152. The molecule has 4 heteroatoms. The average molecular weight is 143 g/mol. The van der Waals surface area contributed by atoms with Crippen LogP contribution in [0.15, 0.2) is 5.16 Å². The summed E-state index contributed by atoms with van der Waals surface area (Å²) in [6.45, 7) is 4.99. The van der Waals surface area contributed by atoms with Crippen molar-refractivity contribution in [3.63, 3.8) is 0 Å². The highest BCUT2D eigenvalue weighted by Gasteiger charge is 2.23. The van der Waals surface area contributed by atoms with Gasteiger partial charge in [0.15, 0.2) is 0 Å². The van der Waals surface area contributed by atoms with Crippen LogP contribution in [0.3, 0.4) is 0 Å². The Bertz CT molecular complexity index is 174. The van der Waals surface area contributed by atoms with E-state index in [-0.39, 0.29) is 0 Å². The van der Waals surface area contributed by atoms with Crippen LogP contribution in [0.25, 0.3) is 0 Å². The number of rotatable bonds is 1. The molecule has 56 valence electrons. The van der Waals surface area contributed by atoms with Gasteiger partial charge in [-0.2, -0.15) is 0 Å². The molecule has 0 aromatic carbocycles. The monoisotopic (exact) mass is 143 g/mol. The molecule has 0 radical (unpaired) electrons. The fraction of sp³-hybridized carbons (Fsp3) is 0.667. The van der Waals surface area contributed by atoms with E-state index >= 15 is 0 Å². The van der Waals surface area contributed by atoms with Crippen LogP contribution in [0, 0.1) is 5.41 Å². The predicted molar refractivity (Wildman–Crippen MR) is 33.7 cm³/mol. The van der Waals surface area contributed by atoms with Gasteiger partial charge in [0.05, 0.1) is 5.41 Å². The van der Waals surface area contributed by atoms with E-state index in [1.165, 1.54) is 0 Å². The lowest BCUT2D eigenvalue weighted by atomic mass is 9.98. The smallest absolute Gasteiger partial charge is 0.306 e. The topological polar surface area (TPSA) is 55.7 Å². The number of hydrogen-bond acceptors (Lipinski definition) is 4. The van der Waals surface area contributed by atoms with Crippen molar-refractivity contribution in [2.75, 3.05) is 0 Å². The van der Waals surface area contributed by atoms with Gasteiger partial charge in [0, 0.05) is 5.16 Å². The maximum atomic E-state index is 10.7. The Labute approximate surface area is 58.8 Å². The first-order chi connectivity index (χ1) is 4.48. The first-order valence-electron chi connectivity index (χ1n) is 2.77. The van der Waals surface area contributed by atoms with Crippen LogP contribution >= 0.6 is 0 Å². The molecule has 0 aliphatic heterocycles. The molecule has 0 rings (SSSR count). The van der Waals surface area contributed by atoms with Crippen LogP contribution in [0.1, 0.15) is 20.8 Å². The van der Waals surface area contributed by atoms with Crippen LogP contribution in [0.2, 0.25) is 0 Å². The number of isocyanates is 1. The summed E-state index contributed by atoms with van der Waals surface area (Å²) < 4.78 is 0. The molecule has 0 spiro atoms. The Morgan fingerprint density at radius 1 is 1.50 bits per heavy atom. The fourth-order valence-corrected chi connectivity index (χ4v) is 0.197. The molecular formula is C6H9NO3. The molecule has 0 aliphatic rings. The molecule has 4 nitrogen and oxygen atoms in total. The molecule has 0 N–H and O–H groups in total. The number of nitrogens with zero attached hydrogens (tertiary/aromatic N) is 1. The second-order valence-corrected chi connectivity index (χ2v) is 2.81. The largest absolute Gasteiger partial charge is 0.341 e. The molecule has 0 aromatic rings.